The van der Waals surface area contributed by atoms with E-state index in [2.05, 4.69) is 22.7 Å². The summed E-state index contributed by atoms with van der Waals surface area (Å²) in [5, 5.41) is 11.1. The molecule has 0 unspecified atom stereocenters. The first-order valence-corrected chi connectivity index (χ1v) is 9.88. The number of aromatic nitrogens is 2. The van der Waals surface area contributed by atoms with Crippen LogP contribution in [0.1, 0.15) is 50.3 Å². The van der Waals surface area contributed by atoms with Crippen LogP contribution >= 0.6 is 24.0 Å². The zero-order valence-corrected chi connectivity index (χ0v) is 19.1. The van der Waals surface area contributed by atoms with Crippen molar-refractivity contribution in [2.24, 2.45) is 12.0 Å². The Labute approximate surface area is 184 Å². The molecule has 1 aliphatic rings. The lowest BCUT2D eigenvalue weighted by molar-refractivity contribution is 0.291. The van der Waals surface area contributed by atoms with Crippen molar-refractivity contribution < 1.29 is 4.39 Å². The van der Waals surface area contributed by atoms with Crippen molar-refractivity contribution >= 4 is 29.9 Å². The molecule has 0 atom stereocenters. The summed E-state index contributed by atoms with van der Waals surface area (Å²) in [6, 6.07) is 9.03. The van der Waals surface area contributed by atoms with Crippen molar-refractivity contribution in [2.75, 3.05) is 13.1 Å². The summed E-state index contributed by atoms with van der Waals surface area (Å²) in [6.07, 6.45) is 7.72. The number of rotatable bonds is 6. The van der Waals surface area contributed by atoms with Crippen molar-refractivity contribution in [3.8, 4) is 0 Å². The van der Waals surface area contributed by atoms with Crippen LogP contribution in [0.2, 0.25) is 0 Å². The Morgan fingerprint density at radius 3 is 2.46 bits per heavy atom. The van der Waals surface area contributed by atoms with Crippen LogP contribution in [0.3, 0.4) is 0 Å². The van der Waals surface area contributed by atoms with Crippen molar-refractivity contribution in [1.29, 1.82) is 0 Å². The lowest BCUT2D eigenvalue weighted by atomic mass is 9.69. The van der Waals surface area contributed by atoms with Gasteiger partial charge in [-0.05, 0) is 43.5 Å². The molecule has 0 spiro atoms. The van der Waals surface area contributed by atoms with E-state index in [1.165, 1.54) is 24.8 Å². The number of nitrogens with zero attached hydrogens (tertiary/aromatic N) is 3. The van der Waals surface area contributed by atoms with Gasteiger partial charge in [-0.1, -0.05) is 31.4 Å². The molecule has 1 fully saturated rings. The molecule has 0 aliphatic heterocycles. The summed E-state index contributed by atoms with van der Waals surface area (Å²) >= 11 is 0. The molecule has 0 saturated heterocycles. The van der Waals surface area contributed by atoms with E-state index in [0.717, 1.165) is 37.6 Å². The van der Waals surface area contributed by atoms with Crippen LogP contribution in [0.4, 0.5) is 4.39 Å². The summed E-state index contributed by atoms with van der Waals surface area (Å²) in [7, 11) is 1.93. The Bertz CT molecular complexity index is 750. The molecule has 2 aromatic rings. The molecule has 0 radical (unpaired) electrons. The molecule has 5 nitrogen and oxygen atoms in total. The monoisotopic (exact) mass is 499 g/mol. The lowest BCUT2D eigenvalue weighted by Crippen LogP contribution is -2.46. The van der Waals surface area contributed by atoms with Crippen LogP contribution in [0.5, 0.6) is 0 Å². The minimum Gasteiger partial charge on any atom is -0.357 e. The first-order chi connectivity index (χ1) is 13.1. The molecule has 0 amide bonds. The second-order valence-electron chi connectivity index (χ2n) is 7.34. The molecule has 1 aliphatic carbocycles. The van der Waals surface area contributed by atoms with Gasteiger partial charge in [-0.25, -0.2) is 9.38 Å². The van der Waals surface area contributed by atoms with Gasteiger partial charge in [-0.15, -0.1) is 24.0 Å². The third kappa shape index (κ3) is 5.68. The molecule has 1 aromatic carbocycles. The highest BCUT2D eigenvalue weighted by atomic mass is 127. The Kier molecular flexibility index (Phi) is 8.72. The van der Waals surface area contributed by atoms with Crippen LogP contribution in [-0.2, 0) is 19.0 Å². The van der Waals surface area contributed by atoms with Crippen molar-refractivity contribution in [2.45, 2.75) is 51.0 Å². The Morgan fingerprint density at radius 1 is 1.14 bits per heavy atom. The Morgan fingerprint density at radius 2 is 1.86 bits per heavy atom. The maximum absolute atomic E-state index is 13.4. The average Bonchev–Trinajstić information content (AvgIpc) is 3.10. The van der Waals surface area contributed by atoms with Crippen LogP contribution in [0.25, 0.3) is 0 Å². The quantitative estimate of drug-likeness (QED) is 0.357. The molecule has 2 N–H and O–H groups in total. The summed E-state index contributed by atoms with van der Waals surface area (Å²) in [5.41, 5.74) is 2.32. The summed E-state index contributed by atoms with van der Waals surface area (Å²) in [5.74, 6) is 0.634. The smallest absolute Gasteiger partial charge is 0.191 e. The summed E-state index contributed by atoms with van der Waals surface area (Å²) < 4.78 is 15.3. The largest absolute Gasteiger partial charge is 0.357 e. The van der Waals surface area contributed by atoms with Gasteiger partial charge in [0.15, 0.2) is 5.96 Å². The van der Waals surface area contributed by atoms with E-state index in [1.807, 2.05) is 29.9 Å². The van der Waals surface area contributed by atoms with Gasteiger partial charge in [0, 0.05) is 31.7 Å². The normalized spacial score (nSPS) is 16.3. The van der Waals surface area contributed by atoms with E-state index in [1.54, 1.807) is 18.3 Å². The minimum atomic E-state index is -0.177. The number of nitrogens with one attached hydrogen (secondary N) is 2. The maximum atomic E-state index is 13.4. The van der Waals surface area contributed by atoms with E-state index >= 15 is 0 Å². The van der Waals surface area contributed by atoms with Gasteiger partial charge in [0.1, 0.15) is 5.82 Å². The number of halogens is 2. The van der Waals surface area contributed by atoms with Crippen molar-refractivity contribution in [3.05, 3.63) is 53.6 Å². The summed E-state index contributed by atoms with van der Waals surface area (Å²) in [4.78, 5) is 4.71. The molecule has 7 heteroatoms. The third-order valence-corrected chi connectivity index (χ3v) is 5.53. The van der Waals surface area contributed by atoms with Gasteiger partial charge in [0.25, 0.3) is 0 Å². The first kappa shape index (κ1) is 22.6. The molecular weight excluding hydrogens is 468 g/mol. The van der Waals surface area contributed by atoms with Crippen molar-refractivity contribution in [3.63, 3.8) is 0 Å². The molecule has 154 valence electrons. The van der Waals surface area contributed by atoms with Gasteiger partial charge < -0.3 is 10.6 Å². The van der Waals surface area contributed by atoms with Gasteiger partial charge in [-0.3, -0.25) is 4.68 Å². The highest BCUT2D eigenvalue weighted by molar-refractivity contribution is 14.0. The zero-order chi connectivity index (χ0) is 19.1. The number of hydrogen-bond donors (Lipinski definition) is 2. The topological polar surface area (TPSA) is 54.2 Å². The molecule has 3 rings (SSSR count). The number of aryl methyl sites for hydroxylation is 1. The SMILES string of the molecule is CCNC(=NCc1ccnn1C)NCC1(c2ccc(F)cc2)CCCCC1.I. The van der Waals surface area contributed by atoms with E-state index in [9.17, 15) is 4.39 Å². The van der Waals surface area contributed by atoms with E-state index in [-0.39, 0.29) is 35.2 Å². The first-order valence-electron chi connectivity index (χ1n) is 9.88. The highest BCUT2D eigenvalue weighted by Crippen LogP contribution is 2.39. The lowest BCUT2D eigenvalue weighted by Gasteiger charge is -2.38. The van der Waals surface area contributed by atoms with Crippen LogP contribution < -0.4 is 10.6 Å². The van der Waals surface area contributed by atoms with Crippen LogP contribution in [0.15, 0.2) is 41.5 Å². The van der Waals surface area contributed by atoms with E-state index in [0.29, 0.717) is 6.54 Å². The number of guanidine groups is 1. The maximum Gasteiger partial charge on any atom is 0.191 e. The fourth-order valence-corrected chi connectivity index (χ4v) is 3.91. The van der Waals surface area contributed by atoms with Crippen LogP contribution in [-0.4, -0.2) is 28.8 Å². The van der Waals surface area contributed by atoms with Crippen molar-refractivity contribution in [1.82, 2.24) is 20.4 Å². The summed E-state index contributed by atoms with van der Waals surface area (Å²) in [6.45, 7) is 4.25. The highest BCUT2D eigenvalue weighted by Gasteiger charge is 2.34. The Balaban J connectivity index is 0.00000280. The molecule has 0 bridgehead atoms. The zero-order valence-electron chi connectivity index (χ0n) is 16.7. The molecule has 28 heavy (non-hydrogen) atoms. The minimum absolute atomic E-state index is 0. The average molecular weight is 499 g/mol. The van der Waals surface area contributed by atoms with Crippen LogP contribution in [0, 0.1) is 5.82 Å². The third-order valence-electron chi connectivity index (χ3n) is 5.53. The predicted octanol–water partition coefficient (Wildman–Crippen LogP) is 4.13. The van der Waals surface area contributed by atoms with Gasteiger partial charge in [0.2, 0.25) is 0 Å². The van der Waals surface area contributed by atoms with E-state index in [4.69, 9.17) is 4.99 Å². The predicted molar refractivity (Wildman–Crippen MR) is 123 cm³/mol. The molecule has 1 saturated carbocycles. The number of benzene rings is 1. The second-order valence-corrected chi connectivity index (χ2v) is 7.34. The second kappa shape index (κ2) is 10.8. The number of aliphatic imine (C=N–C) groups is 1. The molecular formula is C21H31FIN5. The fourth-order valence-electron chi connectivity index (χ4n) is 3.91. The standard InChI is InChI=1S/C21H30FN5.HI/c1-3-23-20(24-15-19-11-14-26-27(19)2)25-16-21(12-5-4-6-13-21)17-7-9-18(22)10-8-17;/h7-11,14H,3-6,12-13,15-16H2,1-2H3,(H2,23,24,25);1H. The molecule has 1 heterocycles. The number of hydrogen-bond acceptors (Lipinski definition) is 2. The van der Waals surface area contributed by atoms with Gasteiger partial charge in [0.05, 0.1) is 12.2 Å². The van der Waals surface area contributed by atoms with Gasteiger partial charge in [-0.2, -0.15) is 5.10 Å². The molecule has 1 aromatic heterocycles. The van der Waals surface area contributed by atoms with E-state index < -0.39 is 0 Å². The van der Waals surface area contributed by atoms with Gasteiger partial charge >= 0.3 is 0 Å². The Hall–Kier alpha value is -1.64. The fraction of sp³-hybridized carbons (Fsp3) is 0.524.